The first kappa shape index (κ1) is 17.2. The summed E-state index contributed by atoms with van der Waals surface area (Å²) in [4.78, 5) is 12.1. The van der Waals surface area contributed by atoms with Crippen LogP contribution in [0.4, 0.5) is 0 Å². The van der Waals surface area contributed by atoms with Crippen LogP contribution in [0.2, 0.25) is 0 Å². The Bertz CT molecular complexity index is 823. The van der Waals surface area contributed by atoms with Gasteiger partial charge in [0.05, 0.1) is 17.5 Å². The van der Waals surface area contributed by atoms with Gasteiger partial charge in [-0.1, -0.05) is 12.1 Å². The number of hydrogen-bond donors (Lipinski definition) is 1. The van der Waals surface area contributed by atoms with Gasteiger partial charge in [0.15, 0.2) is 0 Å². The molecule has 7 heteroatoms. The number of sulfonamides is 1. The second kappa shape index (κ2) is 6.54. The lowest BCUT2D eigenvalue weighted by Crippen LogP contribution is -2.35. The van der Waals surface area contributed by atoms with Gasteiger partial charge in [-0.05, 0) is 51.5 Å². The molecule has 1 heterocycles. The highest BCUT2D eigenvalue weighted by molar-refractivity contribution is 7.90. The number of hydrogen-bond acceptors (Lipinski definition) is 4. The van der Waals surface area contributed by atoms with Crippen LogP contribution in [0.1, 0.15) is 41.2 Å². The molecule has 0 radical (unpaired) electrons. The zero-order valence-corrected chi connectivity index (χ0v) is 14.5. The molecule has 6 nitrogen and oxygen atoms in total. The van der Waals surface area contributed by atoms with Crippen LogP contribution < -0.4 is 4.72 Å². The van der Waals surface area contributed by atoms with E-state index in [0.717, 1.165) is 17.0 Å². The van der Waals surface area contributed by atoms with E-state index in [4.69, 9.17) is 0 Å². The fourth-order valence-corrected chi connectivity index (χ4v) is 2.74. The van der Waals surface area contributed by atoms with Gasteiger partial charge in [-0.3, -0.25) is 9.48 Å². The highest BCUT2D eigenvalue weighted by Crippen LogP contribution is 2.10. The number of nitrogens with one attached hydrogen (secondary N) is 1. The molecule has 0 fully saturated rings. The van der Waals surface area contributed by atoms with Crippen LogP contribution in [-0.4, -0.2) is 29.4 Å². The minimum atomic E-state index is -3.64. The molecular weight excluding hydrogens is 314 g/mol. The van der Waals surface area contributed by atoms with E-state index in [-0.39, 0.29) is 0 Å². The van der Waals surface area contributed by atoms with Crippen LogP contribution in [0.5, 0.6) is 0 Å². The van der Waals surface area contributed by atoms with E-state index in [9.17, 15) is 13.2 Å². The molecule has 0 saturated carbocycles. The molecule has 124 valence electrons. The molecule has 1 aromatic carbocycles. The predicted molar refractivity (Wildman–Crippen MR) is 88.8 cm³/mol. The zero-order chi connectivity index (χ0) is 17.2. The quantitative estimate of drug-likeness (QED) is 0.906. The summed E-state index contributed by atoms with van der Waals surface area (Å²) in [5.74, 6) is -0.617. The molecule has 0 aliphatic carbocycles. The molecular formula is C16H21N3O3S. The molecule has 0 bridgehead atoms. The average Bonchev–Trinajstić information content (AvgIpc) is 2.76. The maximum atomic E-state index is 12.1. The molecule has 1 aromatic heterocycles. The number of amides is 1. The van der Waals surface area contributed by atoms with Crippen molar-refractivity contribution in [3.05, 3.63) is 52.8 Å². The van der Waals surface area contributed by atoms with Crippen LogP contribution in [0, 0.1) is 13.8 Å². The Balaban J connectivity index is 2.20. The number of nitrogens with zero attached hydrogens (tertiary/aromatic N) is 2. The van der Waals surface area contributed by atoms with Crippen molar-refractivity contribution < 1.29 is 13.2 Å². The van der Waals surface area contributed by atoms with Gasteiger partial charge in [0, 0.05) is 11.3 Å². The SMILES string of the molecule is Cc1cc(C)n(Cc2cccc(C(=O)NS(=O)(=O)C(C)C)c2)n1. The molecule has 0 spiro atoms. The van der Waals surface area contributed by atoms with Crippen molar-refractivity contribution in [2.24, 2.45) is 0 Å². The van der Waals surface area contributed by atoms with E-state index in [0.29, 0.717) is 12.1 Å². The maximum Gasteiger partial charge on any atom is 0.264 e. The van der Waals surface area contributed by atoms with Gasteiger partial charge in [-0.15, -0.1) is 0 Å². The summed E-state index contributed by atoms with van der Waals surface area (Å²) < 4.78 is 27.5. The normalized spacial score (nSPS) is 11.7. The van der Waals surface area contributed by atoms with E-state index in [1.54, 1.807) is 18.2 Å². The number of aryl methyl sites for hydroxylation is 2. The Morgan fingerprint density at radius 3 is 2.52 bits per heavy atom. The van der Waals surface area contributed by atoms with Gasteiger partial charge < -0.3 is 0 Å². The number of rotatable bonds is 5. The Labute approximate surface area is 136 Å². The minimum Gasteiger partial charge on any atom is -0.268 e. The average molecular weight is 335 g/mol. The van der Waals surface area contributed by atoms with Crippen molar-refractivity contribution in [2.75, 3.05) is 0 Å². The lowest BCUT2D eigenvalue weighted by Gasteiger charge is -2.10. The van der Waals surface area contributed by atoms with Crippen LogP contribution in [0.25, 0.3) is 0 Å². The van der Waals surface area contributed by atoms with Gasteiger partial charge in [-0.25, -0.2) is 13.1 Å². The van der Waals surface area contributed by atoms with Crippen molar-refractivity contribution in [2.45, 2.75) is 39.5 Å². The molecule has 23 heavy (non-hydrogen) atoms. The number of carbonyl (C=O) groups excluding carboxylic acids is 1. The second-order valence-corrected chi connectivity index (χ2v) is 8.05. The first-order chi connectivity index (χ1) is 10.7. The summed E-state index contributed by atoms with van der Waals surface area (Å²) in [5, 5.41) is 3.72. The highest BCUT2D eigenvalue weighted by atomic mass is 32.2. The minimum absolute atomic E-state index is 0.313. The van der Waals surface area contributed by atoms with Gasteiger partial charge >= 0.3 is 0 Å². The van der Waals surface area contributed by atoms with Crippen molar-refractivity contribution in [3.63, 3.8) is 0 Å². The van der Waals surface area contributed by atoms with Gasteiger partial charge in [0.2, 0.25) is 10.0 Å². The molecule has 0 aliphatic heterocycles. The van der Waals surface area contributed by atoms with Crippen LogP contribution in [0.15, 0.2) is 30.3 Å². The third-order valence-electron chi connectivity index (χ3n) is 3.48. The number of benzene rings is 1. The van der Waals surface area contributed by atoms with Gasteiger partial charge in [-0.2, -0.15) is 5.10 Å². The predicted octanol–water partition coefficient (Wildman–Crippen LogP) is 2.02. The topological polar surface area (TPSA) is 81.1 Å². The first-order valence-corrected chi connectivity index (χ1v) is 8.89. The monoisotopic (exact) mass is 335 g/mol. The van der Waals surface area contributed by atoms with E-state index in [1.807, 2.05) is 30.7 Å². The molecule has 0 aliphatic rings. The van der Waals surface area contributed by atoms with Crippen molar-refractivity contribution in [1.29, 1.82) is 0 Å². The first-order valence-electron chi connectivity index (χ1n) is 7.35. The van der Waals surface area contributed by atoms with Crippen molar-refractivity contribution in [3.8, 4) is 0 Å². The molecule has 0 saturated heterocycles. The summed E-state index contributed by atoms with van der Waals surface area (Å²) in [7, 11) is -3.64. The third kappa shape index (κ3) is 4.19. The largest absolute Gasteiger partial charge is 0.268 e. The van der Waals surface area contributed by atoms with Crippen molar-refractivity contribution >= 4 is 15.9 Å². The van der Waals surface area contributed by atoms with E-state index >= 15 is 0 Å². The molecule has 1 N–H and O–H groups in total. The van der Waals surface area contributed by atoms with Crippen LogP contribution in [0.3, 0.4) is 0 Å². The molecule has 2 rings (SSSR count). The van der Waals surface area contributed by atoms with Crippen LogP contribution >= 0.6 is 0 Å². The fraction of sp³-hybridized carbons (Fsp3) is 0.375. The fourth-order valence-electron chi connectivity index (χ4n) is 2.12. The molecule has 0 unspecified atom stereocenters. The molecule has 0 atom stereocenters. The van der Waals surface area contributed by atoms with E-state index < -0.39 is 21.2 Å². The third-order valence-corrected chi connectivity index (χ3v) is 5.19. The summed E-state index contributed by atoms with van der Waals surface area (Å²) in [5.41, 5.74) is 3.15. The lowest BCUT2D eigenvalue weighted by molar-refractivity contribution is 0.0981. The van der Waals surface area contributed by atoms with Crippen LogP contribution in [-0.2, 0) is 16.6 Å². The highest BCUT2D eigenvalue weighted by Gasteiger charge is 2.20. The second-order valence-electron chi connectivity index (χ2n) is 5.81. The lowest BCUT2D eigenvalue weighted by atomic mass is 10.1. The van der Waals surface area contributed by atoms with E-state index in [1.165, 1.54) is 13.8 Å². The number of aromatic nitrogens is 2. The molecule has 2 aromatic rings. The summed E-state index contributed by atoms with van der Waals surface area (Å²) >= 11 is 0. The van der Waals surface area contributed by atoms with Gasteiger partial charge in [0.25, 0.3) is 5.91 Å². The van der Waals surface area contributed by atoms with E-state index in [2.05, 4.69) is 9.82 Å². The zero-order valence-electron chi connectivity index (χ0n) is 13.7. The molecule has 1 amide bonds. The Hall–Kier alpha value is -2.15. The standard InChI is InChI=1S/C16H21N3O3S/c1-11(2)23(21,22)18-16(20)15-7-5-6-14(9-15)10-19-13(4)8-12(3)17-19/h5-9,11H,10H2,1-4H3,(H,18,20). The smallest absolute Gasteiger partial charge is 0.264 e. The Morgan fingerprint density at radius 2 is 1.96 bits per heavy atom. The van der Waals surface area contributed by atoms with Gasteiger partial charge in [0.1, 0.15) is 0 Å². The Morgan fingerprint density at radius 1 is 1.26 bits per heavy atom. The summed E-state index contributed by atoms with van der Waals surface area (Å²) in [6.07, 6.45) is 0. The van der Waals surface area contributed by atoms with Crippen molar-refractivity contribution in [1.82, 2.24) is 14.5 Å². The Kier molecular flexibility index (Phi) is 4.89. The number of carbonyl (C=O) groups is 1. The summed E-state index contributed by atoms with van der Waals surface area (Å²) in [6.45, 7) is 7.46. The maximum absolute atomic E-state index is 12.1. The summed E-state index contributed by atoms with van der Waals surface area (Å²) in [6, 6.07) is 8.87.